The zero-order valence-electron chi connectivity index (χ0n) is 27.9. The van der Waals surface area contributed by atoms with Crippen LogP contribution in [-0.4, -0.2) is 90.2 Å². The summed E-state index contributed by atoms with van der Waals surface area (Å²) in [6.45, 7) is 9.47. The second kappa shape index (κ2) is 15.0. The van der Waals surface area contributed by atoms with Crippen LogP contribution in [0.2, 0.25) is 0 Å². The van der Waals surface area contributed by atoms with Gasteiger partial charge in [-0.15, -0.1) is 0 Å². The average Bonchev–Trinajstić information content (AvgIpc) is 3.15. The van der Waals surface area contributed by atoms with E-state index in [-0.39, 0.29) is 24.9 Å². The van der Waals surface area contributed by atoms with Gasteiger partial charge in [-0.3, -0.25) is 9.69 Å². The number of hydrogen-bond donors (Lipinski definition) is 2. The number of hydrazine groups is 1. The van der Waals surface area contributed by atoms with Crippen LogP contribution in [0.25, 0.3) is 0 Å². The number of para-hydroxylation sites is 1. The molecule has 1 atom stereocenters. The molecule has 1 saturated heterocycles. The van der Waals surface area contributed by atoms with Crippen molar-refractivity contribution >= 4 is 33.1 Å². The number of esters is 1. The lowest BCUT2D eigenvalue weighted by Crippen LogP contribution is -2.37. The maximum absolute atomic E-state index is 13.9. The Labute approximate surface area is 279 Å². The zero-order valence-corrected chi connectivity index (χ0v) is 28.8. The van der Waals surface area contributed by atoms with E-state index in [1.165, 1.54) is 5.01 Å². The fourth-order valence-electron chi connectivity index (χ4n) is 6.41. The first-order chi connectivity index (χ1) is 22.5. The molecule has 3 aromatic rings. The lowest BCUT2D eigenvalue weighted by Gasteiger charge is -2.26. The third-order valence-electron chi connectivity index (χ3n) is 9.35. The molecule has 1 unspecified atom stereocenters. The van der Waals surface area contributed by atoms with E-state index in [0.29, 0.717) is 41.7 Å². The highest BCUT2D eigenvalue weighted by molar-refractivity contribution is 7.89. The number of ether oxygens (including phenoxy) is 2. The number of carbonyl (C=O) groups is 1. The summed E-state index contributed by atoms with van der Waals surface area (Å²) < 4.78 is 40.5. The number of morpholine rings is 1. The van der Waals surface area contributed by atoms with Gasteiger partial charge in [0.1, 0.15) is 4.90 Å². The van der Waals surface area contributed by atoms with Crippen molar-refractivity contribution in [2.24, 2.45) is 5.84 Å². The molecule has 5 rings (SSSR count). The summed E-state index contributed by atoms with van der Waals surface area (Å²) in [5, 5.41) is 1.48. The fourth-order valence-corrected chi connectivity index (χ4v) is 8.06. The zero-order chi connectivity index (χ0) is 33.7. The standard InChI is InChI=1S/C35H48N6O5S/c1-25-10-11-27(22-28(25)24-41-16-15-38(3)31-8-5-6-9-33(31)47(41,43)44)30(29-12-13-32(39(4)37)35(36)26(29)2)23-34(42)46-19-7-14-40-17-20-45-21-18-40/h5-6,8-13,22,30H,7,14-21,23-24,36-37H2,1-4H3. The number of aryl methyl sites for hydroxylation is 1. The molecule has 1 fully saturated rings. The summed E-state index contributed by atoms with van der Waals surface area (Å²) >= 11 is 0. The Morgan fingerprint density at radius 1 is 1.04 bits per heavy atom. The van der Waals surface area contributed by atoms with Crippen LogP contribution in [0.3, 0.4) is 0 Å². The number of benzene rings is 3. The predicted molar refractivity (Wildman–Crippen MR) is 186 cm³/mol. The number of likely N-dealkylation sites (N-methyl/N-ethyl adjacent to an activating group) is 1. The van der Waals surface area contributed by atoms with Crippen molar-refractivity contribution in [2.45, 2.75) is 44.0 Å². The van der Waals surface area contributed by atoms with Crippen molar-refractivity contribution in [1.82, 2.24) is 9.21 Å². The Morgan fingerprint density at radius 2 is 1.79 bits per heavy atom. The topological polar surface area (TPSA) is 135 Å². The van der Waals surface area contributed by atoms with Gasteiger partial charge in [0.15, 0.2) is 0 Å². The van der Waals surface area contributed by atoms with Crippen molar-refractivity contribution in [3.8, 4) is 0 Å². The third kappa shape index (κ3) is 7.90. The van der Waals surface area contributed by atoms with Gasteiger partial charge in [-0.05, 0) is 66.3 Å². The summed E-state index contributed by atoms with van der Waals surface area (Å²) in [4.78, 5) is 18.0. The number of sulfonamides is 1. The Kier molecular flexibility index (Phi) is 11.1. The number of fused-ring (bicyclic) bond motifs is 1. The van der Waals surface area contributed by atoms with Gasteiger partial charge >= 0.3 is 5.97 Å². The van der Waals surface area contributed by atoms with Gasteiger partial charge in [0.05, 0.1) is 43.3 Å². The first-order valence-corrected chi connectivity index (χ1v) is 17.6. The molecule has 12 heteroatoms. The minimum absolute atomic E-state index is 0.109. The van der Waals surface area contributed by atoms with Gasteiger partial charge < -0.3 is 25.1 Å². The molecule has 0 radical (unpaired) electrons. The van der Waals surface area contributed by atoms with Crippen molar-refractivity contribution in [1.29, 1.82) is 0 Å². The summed E-state index contributed by atoms with van der Waals surface area (Å²) in [6, 6.07) is 17.0. The van der Waals surface area contributed by atoms with Gasteiger partial charge in [0, 0.05) is 59.3 Å². The Bertz CT molecular complexity index is 1670. The number of anilines is 3. The van der Waals surface area contributed by atoms with Crippen LogP contribution in [0.5, 0.6) is 0 Å². The summed E-state index contributed by atoms with van der Waals surface area (Å²) in [6.07, 6.45) is 0.857. The van der Waals surface area contributed by atoms with Crippen LogP contribution >= 0.6 is 0 Å². The van der Waals surface area contributed by atoms with E-state index in [9.17, 15) is 13.2 Å². The van der Waals surface area contributed by atoms with Gasteiger partial charge in [-0.1, -0.05) is 36.4 Å². The first kappa shape index (κ1) is 34.6. The van der Waals surface area contributed by atoms with Crippen LogP contribution in [0.1, 0.15) is 46.6 Å². The van der Waals surface area contributed by atoms with E-state index in [2.05, 4.69) is 4.90 Å². The molecular formula is C35H48N6O5S. The number of carbonyl (C=O) groups excluding carboxylic acids is 1. The molecule has 2 aliphatic heterocycles. The number of nitrogens with two attached hydrogens (primary N) is 2. The lowest BCUT2D eigenvalue weighted by molar-refractivity contribution is -0.144. The minimum Gasteiger partial charge on any atom is -0.466 e. The minimum atomic E-state index is -3.74. The van der Waals surface area contributed by atoms with Gasteiger partial charge in [-0.2, -0.15) is 4.31 Å². The van der Waals surface area contributed by atoms with E-state index >= 15 is 0 Å². The molecule has 2 aliphatic rings. The van der Waals surface area contributed by atoms with Crippen LogP contribution < -0.4 is 21.5 Å². The van der Waals surface area contributed by atoms with Crippen molar-refractivity contribution < 1.29 is 22.7 Å². The second-order valence-electron chi connectivity index (χ2n) is 12.5. The van der Waals surface area contributed by atoms with Gasteiger partial charge in [0.2, 0.25) is 10.0 Å². The normalized spacial score (nSPS) is 17.5. The van der Waals surface area contributed by atoms with Gasteiger partial charge in [-0.25, -0.2) is 14.3 Å². The van der Waals surface area contributed by atoms with Crippen LogP contribution in [0, 0.1) is 13.8 Å². The smallest absolute Gasteiger partial charge is 0.306 e. The summed E-state index contributed by atoms with van der Waals surface area (Å²) in [7, 11) is -0.0972. The largest absolute Gasteiger partial charge is 0.466 e. The van der Waals surface area contributed by atoms with E-state index in [4.69, 9.17) is 21.1 Å². The average molecular weight is 665 g/mol. The Balaban J connectivity index is 1.42. The van der Waals surface area contributed by atoms with Crippen LogP contribution in [0.4, 0.5) is 17.1 Å². The molecule has 3 aromatic carbocycles. The highest BCUT2D eigenvalue weighted by Gasteiger charge is 2.32. The monoisotopic (exact) mass is 664 g/mol. The fraction of sp³-hybridized carbons (Fsp3) is 0.457. The van der Waals surface area contributed by atoms with Crippen molar-refractivity contribution in [3.05, 3.63) is 82.4 Å². The molecule has 0 aliphatic carbocycles. The van der Waals surface area contributed by atoms with Crippen LogP contribution in [0.15, 0.2) is 59.5 Å². The molecule has 0 aromatic heterocycles. The number of nitrogen functional groups attached to an aromatic ring is 1. The predicted octanol–water partition coefficient (Wildman–Crippen LogP) is 3.62. The number of hydrogen-bond acceptors (Lipinski definition) is 10. The number of rotatable bonds is 11. The van der Waals surface area contributed by atoms with Crippen LogP contribution in [-0.2, 0) is 30.8 Å². The highest BCUT2D eigenvalue weighted by atomic mass is 32.2. The summed E-state index contributed by atoms with van der Waals surface area (Å²) in [5.41, 5.74) is 12.9. The van der Waals surface area contributed by atoms with Gasteiger partial charge in [0.25, 0.3) is 0 Å². The Hall–Kier alpha value is -3.68. The quantitative estimate of drug-likeness (QED) is 0.103. The van der Waals surface area contributed by atoms with E-state index in [0.717, 1.165) is 67.1 Å². The number of nitrogens with zero attached hydrogens (tertiary/aromatic N) is 4. The van der Waals surface area contributed by atoms with E-state index in [1.807, 2.05) is 68.3 Å². The second-order valence-corrected chi connectivity index (χ2v) is 14.4. The molecule has 0 bridgehead atoms. The molecular weight excluding hydrogens is 616 g/mol. The lowest BCUT2D eigenvalue weighted by atomic mass is 9.84. The molecule has 254 valence electrons. The molecule has 0 saturated carbocycles. The van der Waals surface area contributed by atoms with E-state index in [1.54, 1.807) is 23.5 Å². The molecule has 2 heterocycles. The maximum atomic E-state index is 13.9. The highest BCUT2D eigenvalue weighted by Crippen LogP contribution is 2.38. The molecule has 0 spiro atoms. The van der Waals surface area contributed by atoms with Crippen molar-refractivity contribution in [3.63, 3.8) is 0 Å². The van der Waals surface area contributed by atoms with Crippen molar-refractivity contribution in [2.75, 3.05) is 82.3 Å². The molecule has 47 heavy (non-hydrogen) atoms. The maximum Gasteiger partial charge on any atom is 0.306 e. The Morgan fingerprint density at radius 3 is 2.53 bits per heavy atom. The first-order valence-electron chi connectivity index (χ1n) is 16.2. The van der Waals surface area contributed by atoms with E-state index < -0.39 is 10.0 Å². The molecule has 0 amide bonds. The third-order valence-corrected chi connectivity index (χ3v) is 11.2. The molecule has 11 nitrogen and oxygen atoms in total. The SMILES string of the molecule is Cc1ccc(C(CC(=O)OCCCN2CCOCC2)c2ccc(N(C)N)c(N)c2C)cc1CN1CCN(C)c2ccccc2S1(=O)=O. The molecule has 4 N–H and O–H groups in total. The summed E-state index contributed by atoms with van der Waals surface area (Å²) in [5.74, 6) is 5.37.